The molecule has 0 bridgehead atoms. The minimum Gasteiger partial charge on any atom is -0.497 e. The highest BCUT2D eigenvalue weighted by atomic mass is 16.5. The predicted octanol–water partition coefficient (Wildman–Crippen LogP) is 5.57. The number of rotatable bonds is 9. The van der Waals surface area contributed by atoms with Crippen LogP contribution in [-0.4, -0.2) is 24.8 Å². The largest absolute Gasteiger partial charge is 0.497 e. The summed E-state index contributed by atoms with van der Waals surface area (Å²) in [5, 5.41) is 8.51. The Balaban J connectivity index is 1.68. The molecular formula is C27H29N3O4. The van der Waals surface area contributed by atoms with Gasteiger partial charge in [-0.15, -0.1) is 0 Å². The van der Waals surface area contributed by atoms with Gasteiger partial charge in [0.1, 0.15) is 5.75 Å². The van der Waals surface area contributed by atoms with E-state index in [4.69, 9.17) is 4.74 Å². The number of amides is 3. The lowest BCUT2D eigenvalue weighted by Gasteiger charge is -2.14. The van der Waals surface area contributed by atoms with Crippen molar-refractivity contribution < 1.29 is 19.1 Å². The number of para-hydroxylation sites is 1. The Morgan fingerprint density at radius 3 is 1.94 bits per heavy atom. The average molecular weight is 460 g/mol. The SMILES string of the molecule is CCC(CC)C(=O)Nc1ccc(C(=O)Nc2ccccc2C(=O)Nc2ccc(OC)cc2)cc1. The molecule has 0 spiro atoms. The van der Waals surface area contributed by atoms with E-state index in [1.54, 1.807) is 79.9 Å². The number of ether oxygens (including phenoxy) is 1. The third-order valence-corrected chi connectivity index (χ3v) is 5.54. The molecule has 7 heteroatoms. The quantitative estimate of drug-likeness (QED) is 0.389. The molecule has 34 heavy (non-hydrogen) atoms. The summed E-state index contributed by atoms with van der Waals surface area (Å²) in [6.07, 6.45) is 1.54. The van der Waals surface area contributed by atoms with E-state index in [-0.39, 0.29) is 23.6 Å². The van der Waals surface area contributed by atoms with Crippen LogP contribution >= 0.6 is 0 Å². The van der Waals surface area contributed by atoms with Crippen molar-refractivity contribution in [1.82, 2.24) is 0 Å². The van der Waals surface area contributed by atoms with Gasteiger partial charge in [0.05, 0.1) is 18.4 Å². The number of carbonyl (C=O) groups excluding carboxylic acids is 3. The third-order valence-electron chi connectivity index (χ3n) is 5.54. The predicted molar refractivity (Wildman–Crippen MR) is 134 cm³/mol. The maximum absolute atomic E-state index is 12.8. The van der Waals surface area contributed by atoms with Crippen molar-refractivity contribution >= 4 is 34.8 Å². The lowest BCUT2D eigenvalue weighted by molar-refractivity contribution is -0.120. The first-order chi connectivity index (χ1) is 16.4. The molecule has 3 N–H and O–H groups in total. The Morgan fingerprint density at radius 1 is 0.735 bits per heavy atom. The topological polar surface area (TPSA) is 96.5 Å². The van der Waals surface area contributed by atoms with Crippen LogP contribution in [0.3, 0.4) is 0 Å². The van der Waals surface area contributed by atoms with Gasteiger partial charge in [-0.2, -0.15) is 0 Å². The highest BCUT2D eigenvalue weighted by molar-refractivity contribution is 6.12. The number of anilines is 3. The van der Waals surface area contributed by atoms with Crippen molar-refractivity contribution in [2.45, 2.75) is 26.7 Å². The summed E-state index contributed by atoms with van der Waals surface area (Å²) in [7, 11) is 1.57. The van der Waals surface area contributed by atoms with Crippen molar-refractivity contribution in [2.75, 3.05) is 23.1 Å². The minimum absolute atomic E-state index is 0.0287. The first-order valence-corrected chi connectivity index (χ1v) is 11.2. The number of benzene rings is 3. The number of methoxy groups -OCH3 is 1. The van der Waals surface area contributed by atoms with E-state index < -0.39 is 0 Å². The number of hydrogen-bond acceptors (Lipinski definition) is 4. The fourth-order valence-electron chi connectivity index (χ4n) is 3.47. The second-order valence-corrected chi connectivity index (χ2v) is 7.76. The van der Waals surface area contributed by atoms with Gasteiger partial charge < -0.3 is 20.7 Å². The number of nitrogens with one attached hydrogen (secondary N) is 3. The Bertz CT molecular complexity index is 1140. The van der Waals surface area contributed by atoms with Gasteiger partial charge in [-0.3, -0.25) is 14.4 Å². The van der Waals surface area contributed by atoms with Crippen LogP contribution in [0.15, 0.2) is 72.8 Å². The van der Waals surface area contributed by atoms with E-state index in [9.17, 15) is 14.4 Å². The fraction of sp³-hybridized carbons (Fsp3) is 0.222. The standard InChI is InChI=1S/C27H29N3O4/c1-4-18(5-2)25(31)28-20-12-10-19(11-13-20)26(32)30-24-9-7-6-8-23(24)27(33)29-21-14-16-22(34-3)17-15-21/h6-18H,4-5H2,1-3H3,(H,28,31)(H,29,33)(H,30,32). The van der Waals surface area contributed by atoms with Crippen LogP contribution in [0.4, 0.5) is 17.1 Å². The van der Waals surface area contributed by atoms with Gasteiger partial charge in [-0.05, 0) is 73.5 Å². The molecule has 176 valence electrons. The van der Waals surface area contributed by atoms with E-state index in [1.165, 1.54) is 0 Å². The van der Waals surface area contributed by atoms with Gasteiger partial charge in [0.2, 0.25) is 5.91 Å². The van der Waals surface area contributed by atoms with E-state index >= 15 is 0 Å². The summed E-state index contributed by atoms with van der Waals surface area (Å²) >= 11 is 0. The Labute approximate surface area is 199 Å². The van der Waals surface area contributed by atoms with Crippen LogP contribution in [0.5, 0.6) is 5.75 Å². The molecule has 0 aromatic heterocycles. The van der Waals surface area contributed by atoms with E-state index in [2.05, 4.69) is 16.0 Å². The zero-order chi connectivity index (χ0) is 24.5. The van der Waals surface area contributed by atoms with Gasteiger partial charge in [0, 0.05) is 22.9 Å². The van der Waals surface area contributed by atoms with Crippen LogP contribution in [0, 0.1) is 5.92 Å². The zero-order valence-corrected chi connectivity index (χ0v) is 19.6. The monoisotopic (exact) mass is 459 g/mol. The molecule has 0 radical (unpaired) electrons. The second-order valence-electron chi connectivity index (χ2n) is 7.76. The molecule has 0 atom stereocenters. The second kappa shape index (κ2) is 11.7. The Morgan fingerprint density at radius 2 is 1.32 bits per heavy atom. The van der Waals surface area contributed by atoms with Gasteiger partial charge in [-0.25, -0.2) is 0 Å². The van der Waals surface area contributed by atoms with Crippen LogP contribution in [0.1, 0.15) is 47.4 Å². The van der Waals surface area contributed by atoms with Crippen LogP contribution in [0.2, 0.25) is 0 Å². The lowest BCUT2D eigenvalue weighted by Crippen LogP contribution is -2.21. The van der Waals surface area contributed by atoms with E-state index in [0.29, 0.717) is 33.9 Å². The highest BCUT2D eigenvalue weighted by Crippen LogP contribution is 2.21. The van der Waals surface area contributed by atoms with Crippen LogP contribution < -0.4 is 20.7 Å². The van der Waals surface area contributed by atoms with Crippen molar-refractivity contribution in [3.63, 3.8) is 0 Å². The van der Waals surface area contributed by atoms with Crippen molar-refractivity contribution in [1.29, 1.82) is 0 Å². The van der Waals surface area contributed by atoms with Gasteiger partial charge in [0.15, 0.2) is 0 Å². The zero-order valence-electron chi connectivity index (χ0n) is 19.6. The molecule has 7 nitrogen and oxygen atoms in total. The molecule has 0 aliphatic carbocycles. The Hall–Kier alpha value is -4.13. The van der Waals surface area contributed by atoms with Crippen LogP contribution in [0.25, 0.3) is 0 Å². The summed E-state index contributed by atoms with van der Waals surface area (Å²) in [5.74, 6) is -0.0857. The van der Waals surface area contributed by atoms with Crippen molar-refractivity contribution in [3.05, 3.63) is 83.9 Å². The molecule has 0 fully saturated rings. The number of hydrogen-bond donors (Lipinski definition) is 3. The fourth-order valence-corrected chi connectivity index (χ4v) is 3.47. The first-order valence-electron chi connectivity index (χ1n) is 11.2. The normalized spacial score (nSPS) is 10.5. The van der Waals surface area contributed by atoms with E-state index in [0.717, 1.165) is 12.8 Å². The summed E-state index contributed by atoms with van der Waals surface area (Å²) in [5.41, 5.74) is 2.38. The number of carbonyl (C=O) groups is 3. The molecule has 0 unspecified atom stereocenters. The van der Waals surface area contributed by atoms with Crippen LogP contribution in [-0.2, 0) is 4.79 Å². The molecule has 0 saturated heterocycles. The third kappa shape index (κ3) is 6.22. The summed E-state index contributed by atoms with van der Waals surface area (Å²) in [6, 6.07) is 20.4. The van der Waals surface area contributed by atoms with E-state index in [1.807, 2.05) is 13.8 Å². The smallest absolute Gasteiger partial charge is 0.257 e. The van der Waals surface area contributed by atoms with Gasteiger partial charge >= 0.3 is 0 Å². The molecule has 3 aromatic rings. The molecule has 3 rings (SSSR count). The molecule has 0 saturated carbocycles. The maximum Gasteiger partial charge on any atom is 0.257 e. The molecule has 0 aliphatic rings. The van der Waals surface area contributed by atoms with Crippen molar-refractivity contribution in [2.24, 2.45) is 5.92 Å². The van der Waals surface area contributed by atoms with Gasteiger partial charge in [0.25, 0.3) is 11.8 Å². The summed E-state index contributed by atoms with van der Waals surface area (Å²) in [6.45, 7) is 3.96. The summed E-state index contributed by atoms with van der Waals surface area (Å²) < 4.78 is 5.13. The summed E-state index contributed by atoms with van der Waals surface area (Å²) in [4.78, 5) is 37.9. The molecule has 0 aliphatic heterocycles. The average Bonchev–Trinajstić information content (AvgIpc) is 2.86. The molecule has 0 heterocycles. The van der Waals surface area contributed by atoms with Crippen molar-refractivity contribution in [3.8, 4) is 5.75 Å². The van der Waals surface area contributed by atoms with Gasteiger partial charge in [-0.1, -0.05) is 26.0 Å². The molecular weight excluding hydrogens is 430 g/mol. The molecule has 3 amide bonds. The minimum atomic E-state index is -0.359. The highest BCUT2D eigenvalue weighted by Gasteiger charge is 2.16. The maximum atomic E-state index is 12.8. The lowest BCUT2D eigenvalue weighted by atomic mass is 10.0. The first kappa shape index (κ1) is 24.5. The molecule has 3 aromatic carbocycles. The Kier molecular flexibility index (Phi) is 8.40.